The highest BCUT2D eigenvalue weighted by Gasteiger charge is 2.27. The first-order valence-corrected chi connectivity index (χ1v) is 11.2. The van der Waals surface area contributed by atoms with E-state index in [9.17, 15) is 10.0 Å². The molecular weight excluding hydrogens is 420 g/mol. The van der Waals surface area contributed by atoms with Gasteiger partial charge in [0, 0.05) is 31.6 Å². The van der Waals surface area contributed by atoms with Crippen LogP contribution >= 0.6 is 0 Å². The summed E-state index contributed by atoms with van der Waals surface area (Å²) in [5.74, 6) is 1.86. The molecule has 1 N–H and O–H groups in total. The molecule has 0 aliphatic carbocycles. The molecule has 0 atom stereocenters. The fourth-order valence-corrected chi connectivity index (χ4v) is 4.18. The number of carbonyl (C=O) groups is 1. The van der Waals surface area contributed by atoms with Gasteiger partial charge >= 0.3 is 6.03 Å². The van der Waals surface area contributed by atoms with Gasteiger partial charge in [0.05, 0.1) is 30.8 Å². The fraction of sp³-hybridized carbons (Fsp3) is 0.360. The largest absolute Gasteiger partial charge is 0.497 e. The first-order valence-electron chi connectivity index (χ1n) is 11.2. The van der Waals surface area contributed by atoms with Crippen molar-refractivity contribution >= 4 is 6.03 Å². The number of aromatic nitrogens is 2. The topological polar surface area (TPSA) is 80.1 Å². The van der Waals surface area contributed by atoms with Crippen molar-refractivity contribution in [1.82, 2.24) is 19.7 Å². The van der Waals surface area contributed by atoms with Crippen LogP contribution in [0, 0.1) is 0 Å². The van der Waals surface area contributed by atoms with Gasteiger partial charge in [0.1, 0.15) is 11.5 Å². The van der Waals surface area contributed by atoms with E-state index >= 15 is 0 Å². The molecule has 2 aromatic carbocycles. The second-order valence-corrected chi connectivity index (χ2v) is 8.09. The number of hydroxylamine groups is 2. The van der Waals surface area contributed by atoms with E-state index in [1.807, 2.05) is 60.1 Å². The lowest BCUT2D eigenvalue weighted by Crippen LogP contribution is -2.43. The number of likely N-dealkylation sites (tertiary alicyclic amines) is 1. The van der Waals surface area contributed by atoms with E-state index in [0.717, 1.165) is 47.0 Å². The third-order valence-corrected chi connectivity index (χ3v) is 5.97. The minimum atomic E-state index is -0.368. The summed E-state index contributed by atoms with van der Waals surface area (Å²) in [5, 5.41) is 15.1. The van der Waals surface area contributed by atoms with Crippen molar-refractivity contribution in [3.8, 4) is 28.4 Å². The van der Waals surface area contributed by atoms with Crippen molar-refractivity contribution in [2.75, 3.05) is 33.9 Å². The first-order chi connectivity index (χ1) is 16.0. The SMILES string of the molecule is CCOc1ccc(-c2cc(C3CCN(C(=O)N(C)O)CC3)nn2-c2ccc(OC)cc2)cc1. The van der Waals surface area contributed by atoms with Crippen LogP contribution < -0.4 is 9.47 Å². The molecule has 1 saturated heterocycles. The zero-order chi connectivity index (χ0) is 23.4. The van der Waals surface area contributed by atoms with Crippen LogP contribution in [-0.2, 0) is 0 Å². The molecule has 4 rings (SSSR count). The Morgan fingerprint density at radius 2 is 1.73 bits per heavy atom. The Morgan fingerprint density at radius 1 is 1.09 bits per heavy atom. The Morgan fingerprint density at radius 3 is 2.30 bits per heavy atom. The van der Waals surface area contributed by atoms with Crippen LogP contribution in [0.5, 0.6) is 11.5 Å². The molecule has 0 spiro atoms. The molecule has 174 valence electrons. The van der Waals surface area contributed by atoms with Crippen LogP contribution in [0.1, 0.15) is 31.4 Å². The number of hydrogen-bond acceptors (Lipinski definition) is 5. The number of amides is 2. The lowest BCUT2D eigenvalue weighted by molar-refractivity contribution is -0.0356. The number of rotatable bonds is 6. The Balaban J connectivity index is 1.64. The highest BCUT2D eigenvalue weighted by molar-refractivity contribution is 5.73. The van der Waals surface area contributed by atoms with Gasteiger partial charge in [0.2, 0.25) is 0 Å². The molecule has 8 nitrogen and oxygen atoms in total. The van der Waals surface area contributed by atoms with Crippen molar-refractivity contribution in [3.63, 3.8) is 0 Å². The number of benzene rings is 2. The van der Waals surface area contributed by atoms with Gasteiger partial charge in [0.25, 0.3) is 0 Å². The van der Waals surface area contributed by atoms with E-state index in [-0.39, 0.29) is 11.9 Å². The lowest BCUT2D eigenvalue weighted by atomic mass is 9.93. The van der Waals surface area contributed by atoms with Gasteiger partial charge in [-0.15, -0.1) is 0 Å². The average Bonchev–Trinajstić information content (AvgIpc) is 3.30. The van der Waals surface area contributed by atoms with Crippen LogP contribution in [0.4, 0.5) is 4.79 Å². The minimum Gasteiger partial charge on any atom is -0.497 e. The maximum Gasteiger partial charge on any atom is 0.343 e. The van der Waals surface area contributed by atoms with Crippen molar-refractivity contribution in [1.29, 1.82) is 0 Å². The molecule has 1 aliphatic heterocycles. The van der Waals surface area contributed by atoms with E-state index in [1.165, 1.54) is 7.05 Å². The molecule has 0 saturated carbocycles. The molecule has 1 fully saturated rings. The van der Waals surface area contributed by atoms with E-state index in [2.05, 4.69) is 6.07 Å². The van der Waals surface area contributed by atoms with Crippen molar-refractivity contribution in [2.45, 2.75) is 25.7 Å². The summed E-state index contributed by atoms with van der Waals surface area (Å²) in [5.41, 5.74) is 3.98. The van der Waals surface area contributed by atoms with Gasteiger partial charge < -0.3 is 14.4 Å². The van der Waals surface area contributed by atoms with Gasteiger partial charge in [-0.2, -0.15) is 5.10 Å². The Bertz CT molecular complexity index is 1070. The summed E-state index contributed by atoms with van der Waals surface area (Å²) in [6.07, 6.45) is 1.59. The van der Waals surface area contributed by atoms with Gasteiger partial charge in [-0.25, -0.2) is 14.5 Å². The number of ether oxygens (including phenoxy) is 2. The summed E-state index contributed by atoms with van der Waals surface area (Å²) in [6.45, 7) is 3.77. The highest BCUT2D eigenvalue weighted by atomic mass is 16.5. The van der Waals surface area contributed by atoms with Gasteiger partial charge in [0.15, 0.2) is 0 Å². The van der Waals surface area contributed by atoms with Gasteiger partial charge in [-0.3, -0.25) is 5.21 Å². The van der Waals surface area contributed by atoms with Crippen LogP contribution in [0.25, 0.3) is 16.9 Å². The van der Waals surface area contributed by atoms with Gasteiger partial charge in [-0.1, -0.05) is 0 Å². The summed E-state index contributed by atoms with van der Waals surface area (Å²) in [6, 6.07) is 17.6. The molecule has 1 aromatic heterocycles. The highest BCUT2D eigenvalue weighted by Crippen LogP contribution is 2.33. The number of urea groups is 1. The molecule has 0 radical (unpaired) electrons. The summed E-state index contributed by atoms with van der Waals surface area (Å²) < 4.78 is 12.9. The summed E-state index contributed by atoms with van der Waals surface area (Å²) in [7, 11) is 3.01. The van der Waals surface area contributed by atoms with E-state index in [4.69, 9.17) is 14.6 Å². The van der Waals surface area contributed by atoms with E-state index in [1.54, 1.807) is 12.0 Å². The molecular formula is C25H30N4O4. The second-order valence-electron chi connectivity index (χ2n) is 8.09. The predicted octanol–water partition coefficient (Wildman–Crippen LogP) is 4.57. The van der Waals surface area contributed by atoms with Crippen LogP contribution in [0.15, 0.2) is 54.6 Å². The third kappa shape index (κ3) is 4.96. The maximum atomic E-state index is 12.1. The number of methoxy groups -OCH3 is 1. The molecule has 2 heterocycles. The maximum absolute atomic E-state index is 12.1. The first kappa shape index (κ1) is 22.7. The molecule has 1 aliphatic rings. The second kappa shape index (κ2) is 9.95. The Hall–Kier alpha value is -3.52. The average molecular weight is 451 g/mol. The minimum absolute atomic E-state index is 0.235. The zero-order valence-electron chi connectivity index (χ0n) is 19.3. The Labute approximate surface area is 193 Å². The number of hydrogen-bond donors (Lipinski definition) is 1. The lowest BCUT2D eigenvalue weighted by Gasteiger charge is -2.32. The third-order valence-electron chi connectivity index (χ3n) is 5.97. The zero-order valence-corrected chi connectivity index (χ0v) is 19.3. The quantitative estimate of drug-likeness (QED) is 0.440. The summed E-state index contributed by atoms with van der Waals surface area (Å²) >= 11 is 0. The smallest absolute Gasteiger partial charge is 0.343 e. The van der Waals surface area contributed by atoms with Crippen molar-refractivity contribution in [2.24, 2.45) is 0 Å². The number of nitrogens with zero attached hydrogens (tertiary/aromatic N) is 4. The number of carbonyl (C=O) groups excluding carboxylic acids is 1. The molecule has 2 amide bonds. The number of piperidine rings is 1. The molecule has 8 heteroatoms. The molecule has 0 bridgehead atoms. The van der Waals surface area contributed by atoms with Crippen molar-refractivity contribution in [3.05, 3.63) is 60.3 Å². The van der Waals surface area contributed by atoms with E-state index < -0.39 is 0 Å². The molecule has 33 heavy (non-hydrogen) atoms. The molecule has 0 unspecified atom stereocenters. The Kier molecular flexibility index (Phi) is 6.84. The monoisotopic (exact) mass is 450 g/mol. The van der Waals surface area contributed by atoms with Crippen molar-refractivity contribution < 1.29 is 19.5 Å². The normalized spacial score (nSPS) is 14.2. The standard InChI is InChI=1S/C25H30N4O4/c1-4-33-22-9-5-19(6-10-22)24-17-23(18-13-15-28(16-14-18)25(30)27(2)31)26-29(24)20-7-11-21(32-3)12-8-20/h5-12,17-18,31H,4,13-16H2,1-3H3. The van der Waals surface area contributed by atoms with E-state index in [0.29, 0.717) is 24.8 Å². The van der Waals surface area contributed by atoms with Crippen LogP contribution in [0.3, 0.4) is 0 Å². The predicted molar refractivity (Wildman–Crippen MR) is 125 cm³/mol. The molecule has 3 aromatic rings. The van der Waals surface area contributed by atoms with Gasteiger partial charge in [-0.05, 0) is 74.4 Å². The van der Waals surface area contributed by atoms with Crippen LogP contribution in [-0.4, -0.2) is 64.8 Å². The van der Waals surface area contributed by atoms with Crippen LogP contribution in [0.2, 0.25) is 0 Å². The fourth-order valence-electron chi connectivity index (χ4n) is 4.18. The summed E-state index contributed by atoms with van der Waals surface area (Å²) in [4.78, 5) is 13.7.